The average Bonchev–Trinajstić information content (AvgIpc) is 3.02. The number of nitrogens with zero attached hydrogens (tertiary/aromatic N) is 1. The van der Waals surface area contributed by atoms with E-state index in [1.165, 1.54) is 7.11 Å². The van der Waals surface area contributed by atoms with Gasteiger partial charge in [0.2, 0.25) is 5.91 Å². The molecule has 2 aromatic rings. The molecule has 0 unspecified atom stereocenters. The number of aryl methyl sites for hydroxylation is 1. The summed E-state index contributed by atoms with van der Waals surface area (Å²) in [5, 5.41) is 2.21. The van der Waals surface area contributed by atoms with Gasteiger partial charge in [-0.15, -0.1) is 0 Å². The lowest BCUT2D eigenvalue weighted by atomic mass is 10.2. The number of hydrogen-bond acceptors (Lipinski definition) is 7. The van der Waals surface area contributed by atoms with Crippen LogP contribution in [0.15, 0.2) is 53.4 Å². The van der Waals surface area contributed by atoms with Crippen LogP contribution < -0.4 is 10.1 Å². The second-order valence-corrected chi connectivity index (χ2v) is 7.56. The smallest absolute Gasteiger partial charge is 0.343 e. The molecule has 0 aliphatic carbocycles. The van der Waals surface area contributed by atoms with Crippen LogP contribution in [-0.2, 0) is 19.1 Å². The van der Waals surface area contributed by atoms with Gasteiger partial charge in [0, 0.05) is 5.69 Å². The minimum atomic E-state index is -0.527. The van der Waals surface area contributed by atoms with Crippen molar-refractivity contribution in [3.63, 3.8) is 0 Å². The Morgan fingerprint density at radius 2 is 1.81 bits per heavy atom. The number of benzene rings is 2. The number of rotatable bonds is 7. The summed E-state index contributed by atoms with van der Waals surface area (Å²) in [5.74, 6) is -1.02. The molecule has 8 nitrogen and oxygen atoms in total. The zero-order valence-electron chi connectivity index (χ0n) is 16.9. The van der Waals surface area contributed by atoms with Crippen LogP contribution in [0.4, 0.5) is 10.5 Å². The highest BCUT2D eigenvalue weighted by Crippen LogP contribution is 2.32. The molecule has 0 aromatic heterocycles. The van der Waals surface area contributed by atoms with E-state index in [0.717, 1.165) is 22.2 Å². The van der Waals surface area contributed by atoms with Crippen LogP contribution in [0, 0.1) is 6.92 Å². The van der Waals surface area contributed by atoms with Gasteiger partial charge in [-0.05, 0) is 54.1 Å². The van der Waals surface area contributed by atoms with E-state index in [9.17, 15) is 19.2 Å². The molecule has 1 heterocycles. The van der Waals surface area contributed by atoms with Gasteiger partial charge in [0.05, 0.1) is 12.0 Å². The molecule has 160 valence electrons. The lowest BCUT2D eigenvalue weighted by molar-refractivity contribution is -0.142. The fraction of sp³-hybridized carbons (Fsp3) is 0.182. The van der Waals surface area contributed by atoms with Crippen molar-refractivity contribution >= 4 is 46.5 Å². The number of anilines is 1. The predicted octanol–water partition coefficient (Wildman–Crippen LogP) is 3.22. The molecule has 2 aromatic carbocycles. The van der Waals surface area contributed by atoms with Crippen molar-refractivity contribution in [1.82, 2.24) is 4.90 Å². The summed E-state index contributed by atoms with van der Waals surface area (Å²) >= 11 is 0.776. The highest BCUT2D eigenvalue weighted by molar-refractivity contribution is 8.18. The molecule has 9 heteroatoms. The van der Waals surface area contributed by atoms with Gasteiger partial charge in [0.25, 0.3) is 11.1 Å². The van der Waals surface area contributed by atoms with Crippen molar-refractivity contribution in [2.75, 3.05) is 25.6 Å². The quantitative estimate of drug-likeness (QED) is 0.521. The van der Waals surface area contributed by atoms with Gasteiger partial charge in [0.15, 0.2) is 6.61 Å². The van der Waals surface area contributed by atoms with E-state index < -0.39 is 23.0 Å². The Kier molecular flexibility index (Phi) is 7.09. The summed E-state index contributed by atoms with van der Waals surface area (Å²) in [6, 6.07) is 13.9. The summed E-state index contributed by atoms with van der Waals surface area (Å²) in [6.07, 6.45) is 1.56. The van der Waals surface area contributed by atoms with Crippen molar-refractivity contribution in [3.8, 4) is 5.75 Å². The number of methoxy groups -OCH3 is 1. The average molecular weight is 440 g/mol. The summed E-state index contributed by atoms with van der Waals surface area (Å²) in [6.45, 7) is 1.28. The fourth-order valence-corrected chi connectivity index (χ4v) is 3.53. The number of carbonyl (C=O) groups is 4. The number of esters is 1. The molecule has 1 aliphatic heterocycles. The normalized spacial score (nSPS) is 14.6. The molecule has 0 spiro atoms. The maximum atomic E-state index is 12.6. The van der Waals surface area contributed by atoms with E-state index >= 15 is 0 Å². The van der Waals surface area contributed by atoms with E-state index in [-0.39, 0.29) is 18.1 Å². The largest absolute Gasteiger partial charge is 0.482 e. The maximum Gasteiger partial charge on any atom is 0.343 e. The van der Waals surface area contributed by atoms with E-state index in [1.54, 1.807) is 42.5 Å². The molecule has 3 rings (SSSR count). The SMILES string of the molecule is COC(=O)COc1ccc(/C=C2\SC(=O)N(CC(=O)Nc3ccccc3C)C2=O)cc1. The van der Waals surface area contributed by atoms with Crippen LogP contribution in [0.3, 0.4) is 0 Å². The Morgan fingerprint density at radius 1 is 1.10 bits per heavy atom. The van der Waals surface area contributed by atoms with E-state index in [0.29, 0.717) is 17.0 Å². The first-order valence-corrected chi connectivity index (χ1v) is 10.1. The predicted molar refractivity (Wildman–Crippen MR) is 116 cm³/mol. The van der Waals surface area contributed by atoms with Gasteiger partial charge < -0.3 is 14.8 Å². The van der Waals surface area contributed by atoms with E-state index in [1.807, 2.05) is 19.1 Å². The second kappa shape index (κ2) is 9.94. The first-order valence-electron chi connectivity index (χ1n) is 9.28. The topological polar surface area (TPSA) is 102 Å². The van der Waals surface area contributed by atoms with Crippen LogP contribution in [0.5, 0.6) is 5.75 Å². The number of para-hydroxylation sites is 1. The van der Waals surface area contributed by atoms with Crippen molar-refractivity contribution < 1.29 is 28.7 Å². The molecular formula is C22H20N2O6S. The number of amides is 3. The van der Waals surface area contributed by atoms with Crippen LogP contribution >= 0.6 is 11.8 Å². The molecule has 0 atom stereocenters. The van der Waals surface area contributed by atoms with Crippen molar-refractivity contribution in [2.45, 2.75) is 6.92 Å². The van der Waals surface area contributed by atoms with Gasteiger partial charge in [-0.3, -0.25) is 19.3 Å². The van der Waals surface area contributed by atoms with Crippen molar-refractivity contribution in [2.24, 2.45) is 0 Å². The molecule has 0 radical (unpaired) electrons. The zero-order valence-corrected chi connectivity index (χ0v) is 17.7. The van der Waals surface area contributed by atoms with Crippen LogP contribution in [0.2, 0.25) is 0 Å². The third-order valence-corrected chi connectivity index (χ3v) is 5.26. The summed E-state index contributed by atoms with van der Waals surface area (Å²) in [7, 11) is 1.27. The minimum absolute atomic E-state index is 0.209. The van der Waals surface area contributed by atoms with E-state index in [4.69, 9.17) is 4.74 Å². The molecule has 0 saturated carbocycles. The molecule has 1 N–H and O–H groups in total. The molecule has 3 amide bonds. The molecule has 1 aliphatic rings. The Morgan fingerprint density at radius 3 is 2.48 bits per heavy atom. The summed E-state index contributed by atoms with van der Waals surface area (Å²) in [4.78, 5) is 49.4. The van der Waals surface area contributed by atoms with Crippen LogP contribution in [0.1, 0.15) is 11.1 Å². The minimum Gasteiger partial charge on any atom is -0.482 e. The third kappa shape index (κ3) is 5.73. The highest BCUT2D eigenvalue weighted by Gasteiger charge is 2.36. The molecular weight excluding hydrogens is 420 g/mol. The monoisotopic (exact) mass is 440 g/mol. The standard InChI is InChI=1S/C22H20N2O6S/c1-14-5-3-4-6-17(14)23-19(25)12-24-21(27)18(31-22(24)28)11-15-7-9-16(10-8-15)30-13-20(26)29-2/h3-11H,12-13H2,1-2H3,(H,23,25)/b18-11-. The van der Waals surface area contributed by atoms with Gasteiger partial charge >= 0.3 is 5.97 Å². The Bertz CT molecular complexity index is 1050. The number of hydrogen-bond donors (Lipinski definition) is 1. The number of ether oxygens (including phenoxy) is 2. The van der Waals surface area contributed by atoms with Gasteiger partial charge in [-0.25, -0.2) is 4.79 Å². The number of thioether (sulfide) groups is 1. The first-order chi connectivity index (χ1) is 14.9. The number of imide groups is 1. The Balaban J connectivity index is 1.62. The fourth-order valence-electron chi connectivity index (χ4n) is 2.70. The van der Waals surface area contributed by atoms with Crippen LogP contribution in [-0.4, -0.2) is 48.2 Å². The van der Waals surface area contributed by atoms with Gasteiger partial charge in [-0.2, -0.15) is 0 Å². The highest BCUT2D eigenvalue weighted by atomic mass is 32.2. The zero-order chi connectivity index (χ0) is 22.4. The lowest BCUT2D eigenvalue weighted by Gasteiger charge is -2.13. The molecule has 1 saturated heterocycles. The maximum absolute atomic E-state index is 12.6. The first kappa shape index (κ1) is 22.1. The molecule has 31 heavy (non-hydrogen) atoms. The van der Waals surface area contributed by atoms with E-state index in [2.05, 4.69) is 10.1 Å². The third-order valence-electron chi connectivity index (χ3n) is 4.36. The number of carbonyl (C=O) groups excluding carboxylic acids is 4. The Labute approximate surface area is 183 Å². The van der Waals surface area contributed by atoms with Crippen LogP contribution in [0.25, 0.3) is 6.08 Å². The summed E-state index contributed by atoms with van der Waals surface area (Å²) < 4.78 is 9.77. The molecule has 0 bridgehead atoms. The molecule has 1 fully saturated rings. The van der Waals surface area contributed by atoms with Gasteiger partial charge in [0.1, 0.15) is 12.3 Å². The Hall–Kier alpha value is -3.59. The lowest BCUT2D eigenvalue weighted by Crippen LogP contribution is -2.36. The van der Waals surface area contributed by atoms with Crippen molar-refractivity contribution in [3.05, 3.63) is 64.6 Å². The number of nitrogens with one attached hydrogen (secondary N) is 1. The second-order valence-electron chi connectivity index (χ2n) is 6.56. The van der Waals surface area contributed by atoms with Crippen molar-refractivity contribution in [1.29, 1.82) is 0 Å². The van der Waals surface area contributed by atoms with Gasteiger partial charge in [-0.1, -0.05) is 30.3 Å². The summed E-state index contributed by atoms with van der Waals surface area (Å²) in [5.41, 5.74) is 2.17.